The van der Waals surface area contributed by atoms with Crippen LogP contribution in [0.25, 0.3) is 0 Å². The van der Waals surface area contributed by atoms with Crippen LogP contribution in [-0.2, 0) is 6.42 Å². The summed E-state index contributed by atoms with van der Waals surface area (Å²) in [6.45, 7) is 5.24. The summed E-state index contributed by atoms with van der Waals surface area (Å²) in [6.07, 6.45) is 4.86. The number of para-hydroxylation sites is 1. The van der Waals surface area contributed by atoms with Gasteiger partial charge in [0.15, 0.2) is 0 Å². The second kappa shape index (κ2) is 7.48. The summed E-state index contributed by atoms with van der Waals surface area (Å²) in [7, 11) is 0. The second-order valence-corrected chi connectivity index (χ2v) is 4.75. The fourth-order valence-corrected chi connectivity index (χ4v) is 2.04. The van der Waals surface area contributed by atoms with Gasteiger partial charge in [0.1, 0.15) is 18.0 Å². The number of hydrogen-bond donors (Lipinski definition) is 2. The van der Waals surface area contributed by atoms with Gasteiger partial charge in [-0.1, -0.05) is 38.5 Å². The van der Waals surface area contributed by atoms with E-state index in [9.17, 15) is 0 Å². The number of benzene rings is 1. The van der Waals surface area contributed by atoms with Crippen molar-refractivity contribution in [3.05, 3.63) is 42.2 Å². The summed E-state index contributed by atoms with van der Waals surface area (Å²) in [5.74, 6) is 1.68. The lowest BCUT2D eigenvalue weighted by Gasteiger charge is -2.11. The maximum absolute atomic E-state index is 4.28. The molecule has 0 unspecified atom stereocenters. The first-order valence-electron chi connectivity index (χ1n) is 7.24. The van der Waals surface area contributed by atoms with Crippen LogP contribution >= 0.6 is 0 Å². The Hall–Kier alpha value is -2.10. The molecular formula is C16H22N4. The number of anilines is 3. The molecule has 0 atom stereocenters. The highest BCUT2D eigenvalue weighted by Crippen LogP contribution is 2.21. The fraction of sp³-hybridized carbons (Fsp3) is 0.375. The van der Waals surface area contributed by atoms with Gasteiger partial charge in [-0.3, -0.25) is 0 Å². The molecule has 0 bridgehead atoms. The molecule has 0 amide bonds. The molecule has 106 valence electrons. The van der Waals surface area contributed by atoms with E-state index in [1.807, 2.05) is 12.1 Å². The van der Waals surface area contributed by atoms with Gasteiger partial charge in [-0.05, 0) is 24.5 Å². The van der Waals surface area contributed by atoms with Crippen LogP contribution in [0.2, 0.25) is 0 Å². The van der Waals surface area contributed by atoms with Crippen LogP contribution in [0.1, 0.15) is 32.3 Å². The van der Waals surface area contributed by atoms with Crippen molar-refractivity contribution in [3.8, 4) is 0 Å². The Morgan fingerprint density at radius 2 is 1.80 bits per heavy atom. The van der Waals surface area contributed by atoms with Crippen molar-refractivity contribution in [2.45, 2.75) is 33.1 Å². The molecule has 2 rings (SSSR count). The smallest absolute Gasteiger partial charge is 0.135 e. The van der Waals surface area contributed by atoms with Gasteiger partial charge >= 0.3 is 0 Å². The molecule has 1 aromatic heterocycles. The standard InChI is InChI=1S/C16H22N4/c1-3-7-13-8-5-6-9-14(13)20-16-11-15(17-10-4-2)18-12-19-16/h5-6,8-9,11-12H,3-4,7,10H2,1-2H3,(H2,17,18,19,20). The van der Waals surface area contributed by atoms with E-state index in [0.29, 0.717) is 0 Å². The SMILES string of the molecule is CCCNc1cc(Nc2ccccc2CCC)ncn1. The summed E-state index contributed by atoms with van der Waals surface area (Å²) < 4.78 is 0. The summed E-state index contributed by atoms with van der Waals surface area (Å²) in [4.78, 5) is 8.50. The number of nitrogens with zero attached hydrogens (tertiary/aromatic N) is 2. The van der Waals surface area contributed by atoms with Crippen LogP contribution in [0.3, 0.4) is 0 Å². The number of rotatable bonds is 7. The fourth-order valence-electron chi connectivity index (χ4n) is 2.04. The zero-order valence-corrected chi connectivity index (χ0v) is 12.2. The van der Waals surface area contributed by atoms with Crippen LogP contribution in [0, 0.1) is 0 Å². The van der Waals surface area contributed by atoms with Gasteiger partial charge in [-0.15, -0.1) is 0 Å². The molecule has 4 nitrogen and oxygen atoms in total. The average molecular weight is 270 g/mol. The zero-order chi connectivity index (χ0) is 14.2. The molecule has 0 fully saturated rings. The molecule has 0 saturated carbocycles. The molecule has 0 radical (unpaired) electrons. The van der Waals surface area contributed by atoms with Gasteiger partial charge < -0.3 is 10.6 Å². The van der Waals surface area contributed by atoms with Crippen molar-refractivity contribution in [1.82, 2.24) is 9.97 Å². The molecule has 0 saturated heterocycles. The quantitative estimate of drug-likeness (QED) is 0.798. The van der Waals surface area contributed by atoms with E-state index in [-0.39, 0.29) is 0 Å². The molecule has 2 N–H and O–H groups in total. The van der Waals surface area contributed by atoms with Crippen LogP contribution < -0.4 is 10.6 Å². The lowest BCUT2D eigenvalue weighted by molar-refractivity contribution is 0.923. The van der Waals surface area contributed by atoms with E-state index in [1.54, 1.807) is 6.33 Å². The molecule has 1 heterocycles. The maximum Gasteiger partial charge on any atom is 0.135 e. The predicted octanol–water partition coefficient (Wildman–Crippen LogP) is 3.99. The van der Waals surface area contributed by atoms with E-state index in [1.165, 1.54) is 5.56 Å². The molecule has 4 heteroatoms. The van der Waals surface area contributed by atoms with Crippen molar-refractivity contribution in [2.75, 3.05) is 17.2 Å². The number of aromatic nitrogens is 2. The molecule has 20 heavy (non-hydrogen) atoms. The molecule has 0 aliphatic carbocycles. The summed E-state index contributed by atoms with van der Waals surface area (Å²) in [5, 5.41) is 6.65. The topological polar surface area (TPSA) is 49.8 Å². The van der Waals surface area contributed by atoms with Crippen LogP contribution in [0.5, 0.6) is 0 Å². The van der Waals surface area contributed by atoms with Gasteiger partial charge in [0.05, 0.1) is 0 Å². The van der Waals surface area contributed by atoms with Gasteiger partial charge in [0.25, 0.3) is 0 Å². The van der Waals surface area contributed by atoms with E-state index in [2.05, 4.69) is 52.6 Å². The Kier molecular flexibility index (Phi) is 5.35. The third-order valence-corrected chi connectivity index (χ3v) is 3.02. The van der Waals surface area contributed by atoms with Crippen molar-refractivity contribution < 1.29 is 0 Å². The average Bonchev–Trinajstić information content (AvgIpc) is 2.48. The molecule has 0 spiro atoms. The van der Waals surface area contributed by atoms with Crippen LogP contribution in [-0.4, -0.2) is 16.5 Å². The Bertz CT molecular complexity index is 540. The largest absolute Gasteiger partial charge is 0.370 e. The van der Waals surface area contributed by atoms with E-state index in [0.717, 1.165) is 43.1 Å². The third-order valence-electron chi connectivity index (χ3n) is 3.02. The number of aryl methyl sites for hydroxylation is 1. The first kappa shape index (κ1) is 14.3. The van der Waals surface area contributed by atoms with Gasteiger partial charge in [0.2, 0.25) is 0 Å². The van der Waals surface area contributed by atoms with E-state index in [4.69, 9.17) is 0 Å². The molecule has 0 aliphatic heterocycles. The molecule has 0 aliphatic rings. The minimum absolute atomic E-state index is 0.821. The Morgan fingerprint density at radius 1 is 1.00 bits per heavy atom. The lowest BCUT2D eigenvalue weighted by Crippen LogP contribution is -2.04. The maximum atomic E-state index is 4.28. The van der Waals surface area contributed by atoms with Crippen molar-refractivity contribution in [3.63, 3.8) is 0 Å². The highest BCUT2D eigenvalue weighted by molar-refractivity contribution is 5.62. The summed E-state index contributed by atoms with van der Waals surface area (Å²) >= 11 is 0. The number of nitrogens with one attached hydrogen (secondary N) is 2. The summed E-state index contributed by atoms with van der Waals surface area (Å²) in [6, 6.07) is 10.3. The van der Waals surface area contributed by atoms with Crippen molar-refractivity contribution in [1.29, 1.82) is 0 Å². The van der Waals surface area contributed by atoms with Crippen molar-refractivity contribution in [2.24, 2.45) is 0 Å². The monoisotopic (exact) mass is 270 g/mol. The normalized spacial score (nSPS) is 10.3. The van der Waals surface area contributed by atoms with Crippen LogP contribution in [0.4, 0.5) is 17.3 Å². The minimum Gasteiger partial charge on any atom is -0.370 e. The lowest BCUT2D eigenvalue weighted by atomic mass is 10.1. The Balaban J connectivity index is 2.13. The first-order chi connectivity index (χ1) is 9.83. The van der Waals surface area contributed by atoms with Gasteiger partial charge in [-0.2, -0.15) is 0 Å². The first-order valence-corrected chi connectivity index (χ1v) is 7.24. The Labute approximate surface area is 120 Å². The zero-order valence-electron chi connectivity index (χ0n) is 12.2. The third kappa shape index (κ3) is 3.95. The van der Waals surface area contributed by atoms with E-state index >= 15 is 0 Å². The molecular weight excluding hydrogens is 248 g/mol. The number of hydrogen-bond acceptors (Lipinski definition) is 4. The molecule has 2 aromatic rings. The highest BCUT2D eigenvalue weighted by atomic mass is 15.1. The van der Waals surface area contributed by atoms with Crippen LogP contribution in [0.15, 0.2) is 36.7 Å². The van der Waals surface area contributed by atoms with E-state index < -0.39 is 0 Å². The minimum atomic E-state index is 0.821. The predicted molar refractivity (Wildman–Crippen MR) is 84.5 cm³/mol. The Morgan fingerprint density at radius 3 is 2.60 bits per heavy atom. The second-order valence-electron chi connectivity index (χ2n) is 4.75. The summed E-state index contributed by atoms with van der Waals surface area (Å²) in [5.41, 5.74) is 2.44. The molecule has 1 aromatic carbocycles. The van der Waals surface area contributed by atoms with Crippen molar-refractivity contribution >= 4 is 17.3 Å². The van der Waals surface area contributed by atoms with Gasteiger partial charge in [-0.25, -0.2) is 9.97 Å². The highest BCUT2D eigenvalue weighted by Gasteiger charge is 2.03. The van der Waals surface area contributed by atoms with Gasteiger partial charge in [0, 0.05) is 18.3 Å².